The summed E-state index contributed by atoms with van der Waals surface area (Å²) in [7, 11) is -0.486. The second kappa shape index (κ2) is 12.2. The van der Waals surface area contributed by atoms with Gasteiger partial charge in [0.15, 0.2) is 0 Å². The zero-order valence-electron chi connectivity index (χ0n) is 21.8. The molecule has 1 fully saturated rings. The molecule has 0 spiro atoms. The monoisotopic (exact) mass is 618 g/mol. The number of rotatable bonds is 8. The maximum Gasteiger partial charge on any atom is 0.255 e. The zero-order chi connectivity index (χ0) is 27.4. The van der Waals surface area contributed by atoms with Crippen LogP contribution in [0.3, 0.4) is 0 Å². The summed E-state index contributed by atoms with van der Waals surface area (Å²) in [5.74, 6) is 0.919. The van der Waals surface area contributed by atoms with E-state index in [1.165, 1.54) is 27.4 Å². The molecule has 0 bridgehead atoms. The summed E-state index contributed by atoms with van der Waals surface area (Å²) in [6.07, 6.45) is 4.86. The largest absolute Gasteiger partial charge is 0.457 e. The van der Waals surface area contributed by atoms with Gasteiger partial charge in [0.25, 0.3) is 5.91 Å². The molecule has 0 atom stereocenters. The molecule has 0 heterocycles. The van der Waals surface area contributed by atoms with Crippen LogP contribution < -0.4 is 4.74 Å². The number of benzene rings is 3. The van der Waals surface area contributed by atoms with Gasteiger partial charge < -0.3 is 9.64 Å². The summed E-state index contributed by atoms with van der Waals surface area (Å²) in [5.41, 5.74) is 2.06. The zero-order valence-corrected chi connectivity index (χ0v) is 24.9. The Morgan fingerprint density at radius 2 is 1.68 bits per heavy atom. The topological polar surface area (TPSA) is 66.9 Å². The number of aryl methyl sites for hydroxylation is 1. The fourth-order valence-corrected chi connectivity index (χ4v) is 6.64. The first kappa shape index (κ1) is 28.6. The standard InChI is InChI=1S/C29H32BrClN2O4S/c1-20-9-13-24(14-10-20)37-28-17-22(30)12-11-21(28)19-32(2)29(34)26-18-25(15-16-27(26)31)38(35,36)33(3)23-7-5-4-6-8-23/h9-18,23H,4-8,19H2,1-3H3. The highest BCUT2D eigenvalue weighted by Crippen LogP contribution is 2.32. The van der Waals surface area contributed by atoms with Gasteiger partial charge in [0.05, 0.1) is 15.5 Å². The molecule has 1 amide bonds. The van der Waals surface area contributed by atoms with Gasteiger partial charge in [-0.25, -0.2) is 8.42 Å². The van der Waals surface area contributed by atoms with Crippen molar-refractivity contribution in [3.63, 3.8) is 0 Å². The van der Waals surface area contributed by atoms with Crippen LogP contribution in [0.2, 0.25) is 5.02 Å². The predicted molar refractivity (Wildman–Crippen MR) is 154 cm³/mol. The number of hydrogen-bond donors (Lipinski definition) is 0. The maximum atomic E-state index is 13.5. The molecule has 0 saturated heterocycles. The van der Waals surface area contributed by atoms with Gasteiger partial charge >= 0.3 is 0 Å². The van der Waals surface area contributed by atoms with Crippen molar-refractivity contribution in [3.05, 3.63) is 86.8 Å². The smallest absolute Gasteiger partial charge is 0.255 e. The molecular formula is C29H32BrClN2O4S. The van der Waals surface area contributed by atoms with E-state index in [0.29, 0.717) is 11.5 Å². The Bertz CT molecular complexity index is 1410. The number of hydrogen-bond acceptors (Lipinski definition) is 4. The molecule has 3 aromatic rings. The number of nitrogens with zero attached hydrogens (tertiary/aromatic N) is 2. The van der Waals surface area contributed by atoms with Gasteiger partial charge in [-0.2, -0.15) is 4.31 Å². The first-order chi connectivity index (χ1) is 18.1. The molecule has 1 saturated carbocycles. The van der Waals surface area contributed by atoms with Crippen LogP contribution in [0.25, 0.3) is 0 Å². The van der Waals surface area contributed by atoms with E-state index in [9.17, 15) is 13.2 Å². The third-order valence-corrected chi connectivity index (χ3v) is 9.70. The summed E-state index contributed by atoms with van der Waals surface area (Å²) in [6, 6.07) is 17.7. The van der Waals surface area contributed by atoms with Crippen LogP contribution in [0.1, 0.15) is 53.6 Å². The Morgan fingerprint density at radius 1 is 1.00 bits per heavy atom. The van der Waals surface area contributed by atoms with E-state index in [1.54, 1.807) is 14.1 Å². The molecule has 202 valence electrons. The Labute approximate surface area is 238 Å². The highest BCUT2D eigenvalue weighted by Gasteiger charge is 2.30. The average Bonchev–Trinajstić information content (AvgIpc) is 2.91. The van der Waals surface area contributed by atoms with E-state index in [1.807, 2.05) is 49.4 Å². The second-order valence-electron chi connectivity index (χ2n) is 9.78. The lowest BCUT2D eigenvalue weighted by Crippen LogP contribution is -2.38. The van der Waals surface area contributed by atoms with Gasteiger partial charge in [0, 0.05) is 36.7 Å². The van der Waals surface area contributed by atoms with Gasteiger partial charge in [-0.15, -0.1) is 0 Å². The van der Waals surface area contributed by atoms with E-state index < -0.39 is 10.0 Å². The molecule has 6 nitrogen and oxygen atoms in total. The summed E-state index contributed by atoms with van der Waals surface area (Å²) in [4.78, 5) is 15.1. The average molecular weight is 620 g/mol. The van der Waals surface area contributed by atoms with Crippen molar-refractivity contribution in [2.75, 3.05) is 14.1 Å². The van der Waals surface area contributed by atoms with Crippen LogP contribution in [0.15, 0.2) is 70.0 Å². The number of ether oxygens (including phenoxy) is 1. The fraction of sp³-hybridized carbons (Fsp3) is 0.345. The van der Waals surface area contributed by atoms with Crippen molar-refractivity contribution >= 4 is 43.5 Å². The van der Waals surface area contributed by atoms with Crippen LogP contribution in [-0.2, 0) is 16.6 Å². The number of carbonyl (C=O) groups excluding carboxylic acids is 1. The van der Waals surface area contributed by atoms with Gasteiger partial charge in [-0.3, -0.25) is 4.79 Å². The molecule has 0 aliphatic heterocycles. The molecule has 0 radical (unpaired) electrons. The number of halogens is 2. The van der Waals surface area contributed by atoms with Crippen LogP contribution in [-0.4, -0.2) is 43.7 Å². The van der Waals surface area contributed by atoms with Gasteiger partial charge in [0.2, 0.25) is 10.0 Å². The predicted octanol–water partition coefficient (Wildman–Crippen LogP) is 7.43. The van der Waals surface area contributed by atoms with Crippen LogP contribution in [0.5, 0.6) is 11.5 Å². The van der Waals surface area contributed by atoms with E-state index in [0.717, 1.165) is 47.7 Å². The second-order valence-corrected chi connectivity index (χ2v) is 13.1. The molecule has 38 heavy (non-hydrogen) atoms. The summed E-state index contributed by atoms with van der Waals surface area (Å²) in [6.45, 7) is 2.25. The van der Waals surface area contributed by atoms with Crippen molar-refractivity contribution in [1.29, 1.82) is 0 Å². The van der Waals surface area contributed by atoms with Crippen molar-refractivity contribution < 1.29 is 17.9 Å². The molecule has 1 aliphatic rings. The quantitative estimate of drug-likeness (QED) is 0.263. The molecule has 4 rings (SSSR count). The normalized spacial score (nSPS) is 14.5. The highest BCUT2D eigenvalue weighted by atomic mass is 79.9. The molecule has 3 aromatic carbocycles. The van der Waals surface area contributed by atoms with Gasteiger partial charge in [-0.05, 0) is 62.2 Å². The third-order valence-electron chi connectivity index (χ3n) is 6.97. The summed E-state index contributed by atoms with van der Waals surface area (Å²) in [5, 5.41) is 0.202. The highest BCUT2D eigenvalue weighted by molar-refractivity contribution is 9.10. The van der Waals surface area contributed by atoms with Crippen molar-refractivity contribution in [2.45, 2.75) is 56.5 Å². The van der Waals surface area contributed by atoms with E-state index in [4.69, 9.17) is 16.3 Å². The minimum atomic E-state index is -3.77. The lowest BCUT2D eigenvalue weighted by Gasteiger charge is -2.30. The lowest BCUT2D eigenvalue weighted by molar-refractivity contribution is 0.0784. The molecule has 0 aromatic heterocycles. The van der Waals surface area contributed by atoms with Crippen LogP contribution in [0.4, 0.5) is 0 Å². The van der Waals surface area contributed by atoms with E-state index in [-0.39, 0.29) is 34.0 Å². The van der Waals surface area contributed by atoms with Gasteiger partial charge in [-0.1, -0.05) is 70.6 Å². The van der Waals surface area contributed by atoms with Crippen molar-refractivity contribution in [3.8, 4) is 11.5 Å². The molecule has 1 aliphatic carbocycles. The molecule has 0 unspecified atom stereocenters. The van der Waals surface area contributed by atoms with Crippen LogP contribution in [0, 0.1) is 6.92 Å². The van der Waals surface area contributed by atoms with Crippen molar-refractivity contribution in [2.24, 2.45) is 0 Å². The fourth-order valence-electron chi connectivity index (χ4n) is 4.66. The number of carbonyl (C=O) groups is 1. The SMILES string of the molecule is Cc1ccc(Oc2cc(Br)ccc2CN(C)C(=O)c2cc(S(=O)(=O)N(C)C3CCCCC3)ccc2Cl)cc1. The molecule has 9 heteroatoms. The van der Waals surface area contributed by atoms with E-state index in [2.05, 4.69) is 15.9 Å². The Hall–Kier alpha value is -2.39. The maximum absolute atomic E-state index is 13.5. The minimum Gasteiger partial charge on any atom is -0.457 e. The number of sulfonamides is 1. The van der Waals surface area contributed by atoms with Crippen molar-refractivity contribution in [1.82, 2.24) is 9.21 Å². The molecule has 0 N–H and O–H groups in total. The number of amides is 1. The molecular weight excluding hydrogens is 588 g/mol. The first-order valence-corrected chi connectivity index (χ1v) is 15.2. The summed E-state index contributed by atoms with van der Waals surface area (Å²) >= 11 is 9.89. The Morgan fingerprint density at radius 3 is 2.37 bits per heavy atom. The first-order valence-electron chi connectivity index (χ1n) is 12.6. The minimum absolute atomic E-state index is 0.0318. The lowest BCUT2D eigenvalue weighted by atomic mass is 9.96. The third kappa shape index (κ3) is 6.60. The Balaban J connectivity index is 1.56. The Kier molecular flexibility index (Phi) is 9.19. The van der Waals surface area contributed by atoms with Crippen LogP contribution >= 0.6 is 27.5 Å². The summed E-state index contributed by atoms with van der Waals surface area (Å²) < 4.78 is 35.2. The van der Waals surface area contributed by atoms with Gasteiger partial charge in [0.1, 0.15) is 11.5 Å². The van der Waals surface area contributed by atoms with E-state index >= 15 is 0 Å².